The molecule has 4 rings (SSSR count). The van der Waals surface area contributed by atoms with E-state index in [1.54, 1.807) is 0 Å². The second-order valence-corrected chi connectivity index (χ2v) is 8.69. The summed E-state index contributed by atoms with van der Waals surface area (Å²) in [5.74, 6) is 0.112. The summed E-state index contributed by atoms with van der Waals surface area (Å²) in [6.45, 7) is 3.79. The number of nitrogens with one attached hydrogen (secondary N) is 2. The summed E-state index contributed by atoms with van der Waals surface area (Å²) in [6.07, 6.45) is 3.40. The quantitative estimate of drug-likeness (QED) is 0.497. The number of likely N-dealkylation sites (tertiary alicyclic amines) is 1. The molecule has 3 aromatic carbocycles. The van der Waals surface area contributed by atoms with E-state index in [9.17, 15) is 4.79 Å². The topological polar surface area (TPSA) is 44.4 Å². The average molecular weight is 444 g/mol. The normalized spacial score (nSPS) is 14.5. The molecule has 0 spiro atoms. The number of thiocarbonyl (C=S) groups is 1. The van der Waals surface area contributed by atoms with Crippen LogP contribution in [-0.2, 0) is 0 Å². The van der Waals surface area contributed by atoms with Crippen molar-refractivity contribution in [3.63, 3.8) is 0 Å². The number of benzene rings is 3. The second-order valence-electron chi connectivity index (χ2n) is 8.28. The van der Waals surface area contributed by atoms with E-state index in [1.165, 1.54) is 12.0 Å². The Bertz CT molecular complexity index is 1040. The minimum Gasteiger partial charge on any atom is -0.352 e. The lowest BCUT2D eigenvalue weighted by Gasteiger charge is -2.26. The Labute approximate surface area is 195 Å². The molecule has 2 N–H and O–H groups in total. The maximum absolute atomic E-state index is 12.7. The van der Waals surface area contributed by atoms with Gasteiger partial charge in [0, 0.05) is 24.3 Å². The van der Waals surface area contributed by atoms with Crippen LogP contribution >= 0.6 is 12.2 Å². The van der Waals surface area contributed by atoms with Crippen molar-refractivity contribution in [2.45, 2.75) is 32.2 Å². The molecule has 1 atom stereocenters. The molecule has 1 fully saturated rings. The molecular weight excluding hydrogens is 414 g/mol. The number of rotatable bonds is 5. The Balaban J connectivity index is 1.44. The summed E-state index contributed by atoms with van der Waals surface area (Å²) < 4.78 is 0. The van der Waals surface area contributed by atoms with Crippen molar-refractivity contribution in [1.29, 1.82) is 0 Å². The third-order valence-electron chi connectivity index (χ3n) is 5.85. The number of amides is 1. The molecule has 0 radical (unpaired) electrons. The number of carbonyl (C=O) groups is 1. The molecule has 0 aromatic heterocycles. The average Bonchev–Trinajstić information content (AvgIpc) is 2.84. The van der Waals surface area contributed by atoms with Gasteiger partial charge in [-0.3, -0.25) is 4.79 Å². The van der Waals surface area contributed by atoms with E-state index in [0.29, 0.717) is 5.11 Å². The zero-order chi connectivity index (χ0) is 22.3. The first kappa shape index (κ1) is 22.0. The highest BCUT2D eigenvalue weighted by molar-refractivity contribution is 7.80. The Morgan fingerprint density at radius 3 is 2.12 bits per heavy atom. The number of aryl methyl sites for hydroxylation is 1. The fraction of sp³-hybridized carbons (Fsp3) is 0.259. The van der Waals surface area contributed by atoms with Crippen LogP contribution in [0.2, 0.25) is 0 Å². The predicted molar refractivity (Wildman–Crippen MR) is 135 cm³/mol. The van der Waals surface area contributed by atoms with E-state index in [2.05, 4.69) is 54.0 Å². The molecule has 3 aromatic rings. The molecule has 1 saturated heterocycles. The highest BCUT2D eigenvalue weighted by Gasteiger charge is 2.18. The SMILES string of the molecule is Cc1ccc([C@@H](NC(=S)Nc2ccc(C(=O)N3CCCCC3)cc2)c2ccccc2)cc1. The van der Waals surface area contributed by atoms with Gasteiger partial charge in [-0.2, -0.15) is 0 Å². The molecule has 1 amide bonds. The minimum absolute atomic E-state index is 0.0586. The third kappa shape index (κ3) is 5.54. The van der Waals surface area contributed by atoms with Gasteiger partial charge >= 0.3 is 0 Å². The Hall–Kier alpha value is -3.18. The molecule has 0 unspecified atom stereocenters. The van der Waals surface area contributed by atoms with Crippen LogP contribution in [0.25, 0.3) is 0 Å². The largest absolute Gasteiger partial charge is 0.352 e. The molecule has 1 aliphatic heterocycles. The van der Waals surface area contributed by atoms with Gasteiger partial charge < -0.3 is 15.5 Å². The van der Waals surface area contributed by atoms with E-state index in [1.807, 2.05) is 47.4 Å². The lowest BCUT2D eigenvalue weighted by Crippen LogP contribution is -2.35. The summed E-state index contributed by atoms with van der Waals surface area (Å²) in [7, 11) is 0. The van der Waals surface area contributed by atoms with Gasteiger partial charge in [0.05, 0.1) is 6.04 Å². The highest BCUT2D eigenvalue weighted by atomic mass is 32.1. The molecule has 1 aliphatic rings. The molecule has 0 bridgehead atoms. The van der Waals surface area contributed by atoms with E-state index in [4.69, 9.17) is 12.2 Å². The zero-order valence-corrected chi connectivity index (χ0v) is 19.2. The first-order valence-corrected chi connectivity index (χ1v) is 11.6. The second kappa shape index (κ2) is 10.4. The third-order valence-corrected chi connectivity index (χ3v) is 6.07. The standard InChI is InChI=1S/C27H29N3OS/c1-20-10-12-22(13-11-20)25(21-8-4-2-5-9-21)29-27(32)28-24-16-14-23(15-17-24)26(31)30-18-6-3-7-19-30/h2,4-5,8-17,25H,3,6-7,18-19H2,1H3,(H2,28,29,32)/t25-/m0/s1. The number of hydrogen-bond acceptors (Lipinski definition) is 2. The van der Waals surface area contributed by atoms with Crippen molar-refractivity contribution in [3.05, 3.63) is 101 Å². The van der Waals surface area contributed by atoms with Gasteiger partial charge in [-0.15, -0.1) is 0 Å². The first-order valence-electron chi connectivity index (χ1n) is 11.2. The number of hydrogen-bond donors (Lipinski definition) is 2. The summed E-state index contributed by atoms with van der Waals surface area (Å²) >= 11 is 5.63. The van der Waals surface area contributed by atoms with Crippen LogP contribution in [0.15, 0.2) is 78.9 Å². The van der Waals surface area contributed by atoms with E-state index in [-0.39, 0.29) is 11.9 Å². The van der Waals surface area contributed by atoms with Crippen molar-refractivity contribution in [2.24, 2.45) is 0 Å². The van der Waals surface area contributed by atoms with Crippen LogP contribution in [0.5, 0.6) is 0 Å². The van der Waals surface area contributed by atoms with Crippen LogP contribution in [0.3, 0.4) is 0 Å². The minimum atomic E-state index is -0.0586. The summed E-state index contributed by atoms with van der Waals surface area (Å²) in [6, 6.07) is 26.3. The summed E-state index contributed by atoms with van der Waals surface area (Å²) in [4.78, 5) is 14.6. The van der Waals surface area contributed by atoms with Gasteiger partial charge in [-0.25, -0.2) is 0 Å². The molecule has 1 heterocycles. The molecule has 0 aliphatic carbocycles. The van der Waals surface area contributed by atoms with Crippen LogP contribution in [-0.4, -0.2) is 29.0 Å². The fourth-order valence-electron chi connectivity index (χ4n) is 4.04. The van der Waals surface area contributed by atoms with Gasteiger partial charge in [-0.1, -0.05) is 60.2 Å². The maximum atomic E-state index is 12.7. The highest BCUT2D eigenvalue weighted by Crippen LogP contribution is 2.23. The van der Waals surface area contributed by atoms with Crippen LogP contribution in [0.1, 0.15) is 52.4 Å². The monoisotopic (exact) mass is 443 g/mol. The van der Waals surface area contributed by atoms with E-state index < -0.39 is 0 Å². The van der Waals surface area contributed by atoms with Crippen molar-refractivity contribution in [2.75, 3.05) is 18.4 Å². The molecule has 164 valence electrons. The maximum Gasteiger partial charge on any atom is 0.253 e. The molecule has 32 heavy (non-hydrogen) atoms. The van der Waals surface area contributed by atoms with Crippen LogP contribution < -0.4 is 10.6 Å². The van der Waals surface area contributed by atoms with Crippen LogP contribution in [0.4, 0.5) is 5.69 Å². The molecule has 4 nitrogen and oxygen atoms in total. The van der Waals surface area contributed by atoms with Crippen molar-refractivity contribution >= 4 is 28.9 Å². The fourth-order valence-corrected chi connectivity index (χ4v) is 4.27. The molecule has 0 saturated carbocycles. The molecular formula is C27H29N3OS. The van der Waals surface area contributed by atoms with E-state index in [0.717, 1.165) is 48.3 Å². The van der Waals surface area contributed by atoms with Gasteiger partial charge in [0.2, 0.25) is 0 Å². The number of carbonyl (C=O) groups excluding carboxylic acids is 1. The Kier molecular flexibility index (Phi) is 7.17. The number of nitrogens with zero attached hydrogens (tertiary/aromatic N) is 1. The lowest BCUT2D eigenvalue weighted by atomic mass is 9.98. The summed E-state index contributed by atoms with van der Waals surface area (Å²) in [5.41, 5.74) is 5.09. The van der Waals surface area contributed by atoms with Gasteiger partial charge in [0.1, 0.15) is 0 Å². The summed E-state index contributed by atoms with van der Waals surface area (Å²) in [5, 5.41) is 7.25. The number of piperidine rings is 1. The number of anilines is 1. The van der Waals surface area contributed by atoms with Gasteiger partial charge in [0.15, 0.2) is 5.11 Å². The van der Waals surface area contributed by atoms with Gasteiger partial charge in [0.25, 0.3) is 5.91 Å². The van der Waals surface area contributed by atoms with E-state index >= 15 is 0 Å². The Morgan fingerprint density at radius 1 is 0.844 bits per heavy atom. The van der Waals surface area contributed by atoms with Crippen molar-refractivity contribution in [3.8, 4) is 0 Å². The van der Waals surface area contributed by atoms with Crippen molar-refractivity contribution in [1.82, 2.24) is 10.2 Å². The smallest absolute Gasteiger partial charge is 0.253 e. The predicted octanol–water partition coefficient (Wildman–Crippen LogP) is 5.70. The van der Waals surface area contributed by atoms with Crippen LogP contribution in [0, 0.1) is 6.92 Å². The zero-order valence-electron chi connectivity index (χ0n) is 18.4. The first-order chi connectivity index (χ1) is 15.6. The lowest BCUT2D eigenvalue weighted by molar-refractivity contribution is 0.0724. The molecule has 5 heteroatoms. The van der Waals surface area contributed by atoms with Crippen molar-refractivity contribution < 1.29 is 4.79 Å². The Morgan fingerprint density at radius 2 is 1.47 bits per heavy atom. The van der Waals surface area contributed by atoms with Gasteiger partial charge in [-0.05, 0) is 73.8 Å².